The van der Waals surface area contributed by atoms with Gasteiger partial charge in [-0.15, -0.1) is 12.4 Å². The zero-order valence-electron chi connectivity index (χ0n) is 16.2. The summed E-state index contributed by atoms with van der Waals surface area (Å²) in [6.07, 6.45) is 1.79. The number of fused-ring (bicyclic) bond motifs is 1. The van der Waals surface area contributed by atoms with E-state index >= 15 is 0 Å². The summed E-state index contributed by atoms with van der Waals surface area (Å²) in [6, 6.07) is 16.6. The van der Waals surface area contributed by atoms with Crippen LogP contribution < -0.4 is 4.74 Å². The Morgan fingerprint density at radius 1 is 0.966 bits per heavy atom. The molecule has 2 aromatic heterocycles. The second-order valence-corrected chi connectivity index (χ2v) is 7.76. The van der Waals surface area contributed by atoms with Crippen molar-refractivity contribution >= 4 is 39.4 Å². The van der Waals surface area contributed by atoms with Crippen molar-refractivity contribution < 1.29 is 9.13 Å². The molecule has 0 aliphatic heterocycles. The van der Waals surface area contributed by atoms with Crippen LogP contribution in [0.2, 0.25) is 0 Å². The van der Waals surface area contributed by atoms with E-state index in [0.29, 0.717) is 13.2 Å². The lowest BCUT2D eigenvalue weighted by atomic mass is 10.2. The number of nitrogens with zero attached hydrogens (tertiary/aromatic N) is 2. The van der Waals surface area contributed by atoms with Crippen LogP contribution in [0.1, 0.15) is 22.4 Å². The number of hydrogen-bond donors (Lipinski definition) is 0. The van der Waals surface area contributed by atoms with Crippen LogP contribution in [0.5, 0.6) is 5.75 Å². The highest BCUT2D eigenvalue weighted by molar-refractivity contribution is 9.10. The second-order valence-electron chi connectivity index (χ2n) is 6.84. The Labute approximate surface area is 184 Å². The van der Waals surface area contributed by atoms with Gasteiger partial charge in [-0.1, -0.05) is 40.2 Å². The Kier molecular flexibility index (Phi) is 6.60. The van der Waals surface area contributed by atoms with E-state index in [1.54, 1.807) is 6.20 Å². The average molecular weight is 476 g/mol. The fraction of sp³-hybridized carbons (Fsp3) is 0.174. The maximum absolute atomic E-state index is 13.3. The van der Waals surface area contributed by atoms with Gasteiger partial charge in [0.25, 0.3) is 0 Å². The van der Waals surface area contributed by atoms with Crippen molar-refractivity contribution in [3.63, 3.8) is 0 Å². The van der Waals surface area contributed by atoms with Gasteiger partial charge >= 0.3 is 0 Å². The zero-order valence-corrected chi connectivity index (χ0v) is 18.6. The molecule has 150 valence electrons. The Balaban J connectivity index is 0.00000240. The number of ether oxygens (including phenoxy) is 1. The number of aryl methyl sites for hydroxylation is 1. The van der Waals surface area contributed by atoms with Crippen LogP contribution in [0.4, 0.5) is 4.39 Å². The summed E-state index contributed by atoms with van der Waals surface area (Å²) in [6.45, 7) is 5.27. The molecule has 0 radical (unpaired) electrons. The Bertz CT molecular complexity index is 1120. The Morgan fingerprint density at radius 3 is 2.31 bits per heavy atom. The third-order valence-electron chi connectivity index (χ3n) is 5.02. The van der Waals surface area contributed by atoms with E-state index in [9.17, 15) is 4.39 Å². The Hall–Kier alpha value is -2.37. The fourth-order valence-electron chi connectivity index (χ4n) is 3.34. The predicted octanol–water partition coefficient (Wildman–Crippen LogP) is 6.60. The van der Waals surface area contributed by atoms with E-state index in [4.69, 9.17) is 4.74 Å². The monoisotopic (exact) mass is 474 g/mol. The molecule has 6 heteroatoms. The highest BCUT2D eigenvalue weighted by Gasteiger charge is 2.17. The lowest BCUT2D eigenvalue weighted by molar-refractivity contribution is 0.308. The summed E-state index contributed by atoms with van der Waals surface area (Å²) in [5.41, 5.74) is 6.30. The minimum Gasteiger partial charge on any atom is -0.487 e. The molecule has 4 aromatic rings. The SMILES string of the molecule is Cc1c(C)n(Cc2ccc(F)cc2)c2c(OCc3ccc(Br)cc3)ccnc12.Cl. The highest BCUT2D eigenvalue weighted by Crippen LogP contribution is 2.32. The first-order valence-corrected chi connectivity index (χ1v) is 9.88. The number of aromatic nitrogens is 2. The van der Waals surface area contributed by atoms with E-state index in [0.717, 1.165) is 43.6 Å². The van der Waals surface area contributed by atoms with Crippen molar-refractivity contribution in [1.82, 2.24) is 9.55 Å². The molecule has 0 atom stereocenters. The van der Waals surface area contributed by atoms with Gasteiger partial charge in [-0.25, -0.2) is 4.39 Å². The smallest absolute Gasteiger partial charge is 0.147 e. The van der Waals surface area contributed by atoms with Crippen molar-refractivity contribution in [1.29, 1.82) is 0 Å². The molecule has 0 fully saturated rings. The maximum atomic E-state index is 13.3. The van der Waals surface area contributed by atoms with Crippen LogP contribution in [-0.4, -0.2) is 9.55 Å². The van der Waals surface area contributed by atoms with Crippen molar-refractivity contribution in [2.75, 3.05) is 0 Å². The van der Waals surface area contributed by atoms with Crippen LogP contribution in [0.15, 0.2) is 65.3 Å². The minimum atomic E-state index is -0.228. The van der Waals surface area contributed by atoms with Gasteiger partial charge in [0, 0.05) is 29.0 Å². The van der Waals surface area contributed by atoms with Crippen molar-refractivity contribution in [2.24, 2.45) is 0 Å². The lowest BCUT2D eigenvalue weighted by Crippen LogP contribution is -2.04. The molecule has 0 aliphatic rings. The van der Waals surface area contributed by atoms with E-state index in [1.165, 1.54) is 12.1 Å². The predicted molar refractivity (Wildman–Crippen MR) is 120 cm³/mol. The van der Waals surface area contributed by atoms with E-state index in [2.05, 4.69) is 39.3 Å². The van der Waals surface area contributed by atoms with Crippen LogP contribution in [0, 0.1) is 19.7 Å². The number of rotatable bonds is 5. The van der Waals surface area contributed by atoms with E-state index in [-0.39, 0.29) is 18.2 Å². The first kappa shape index (κ1) is 21.3. The molecule has 0 saturated carbocycles. The van der Waals surface area contributed by atoms with Gasteiger partial charge in [0.05, 0.1) is 5.52 Å². The largest absolute Gasteiger partial charge is 0.487 e. The molecule has 0 bridgehead atoms. The first-order chi connectivity index (χ1) is 13.5. The van der Waals surface area contributed by atoms with Gasteiger partial charge < -0.3 is 9.30 Å². The second kappa shape index (κ2) is 8.97. The van der Waals surface area contributed by atoms with Crippen LogP contribution in [0.25, 0.3) is 11.0 Å². The van der Waals surface area contributed by atoms with Gasteiger partial charge in [-0.3, -0.25) is 4.98 Å². The summed E-state index contributed by atoms with van der Waals surface area (Å²) in [5.74, 6) is 0.570. The molecule has 29 heavy (non-hydrogen) atoms. The summed E-state index contributed by atoms with van der Waals surface area (Å²) in [7, 11) is 0. The molecule has 0 amide bonds. The van der Waals surface area contributed by atoms with Crippen LogP contribution >= 0.6 is 28.3 Å². The molecule has 0 saturated heterocycles. The normalized spacial score (nSPS) is 10.8. The number of benzene rings is 2. The number of halogens is 3. The van der Waals surface area contributed by atoms with Crippen molar-refractivity contribution in [3.8, 4) is 5.75 Å². The molecule has 4 rings (SSSR count). The quantitative estimate of drug-likeness (QED) is 0.325. The minimum absolute atomic E-state index is 0. The molecule has 2 heterocycles. The van der Waals surface area contributed by atoms with Gasteiger partial charge in [0.1, 0.15) is 23.7 Å². The van der Waals surface area contributed by atoms with Crippen molar-refractivity contribution in [3.05, 3.63) is 93.5 Å². The molecule has 0 unspecified atom stereocenters. The third kappa shape index (κ3) is 4.46. The Morgan fingerprint density at radius 2 is 1.62 bits per heavy atom. The summed E-state index contributed by atoms with van der Waals surface area (Å²) in [5, 5.41) is 0. The summed E-state index contributed by atoms with van der Waals surface area (Å²) < 4.78 is 22.7. The summed E-state index contributed by atoms with van der Waals surface area (Å²) in [4.78, 5) is 4.58. The fourth-order valence-corrected chi connectivity index (χ4v) is 3.61. The molecule has 3 nitrogen and oxygen atoms in total. The van der Waals surface area contributed by atoms with Crippen molar-refractivity contribution in [2.45, 2.75) is 27.0 Å². The summed E-state index contributed by atoms with van der Waals surface area (Å²) >= 11 is 3.45. The average Bonchev–Trinajstić information content (AvgIpc) is 2.95. The van der Waals surface area contributed by atoms with E-state index < -0.39 is 0 Å². The zero-order chi connectivity index (χ0) is 19.7. The first-order valence-electron chi connectivity index (χ1n) is 9.09. The topological polar surface area (TPSA) is 27.1 Å². The standard InChI is InChI=1S/C23H20BrFN2O.ClH/c1-15-16(2)27(13-17-5-9-20(25)10-6-17)23-21(11-12-26-22(15)23)28-14-18-3-7-19(24)8-4-18;/h3-12H,13-14H2,1-2H3;1H. The van der Waals surface area contributed by atoms with Gasteiger partial charge in [-0.2, -0.15) is 0 Å². The third-order valence-corrected chi connectivity index (χ3v) is 5.55. The molecule has 0 aliphatic carbocycles. The number of hydrogen-bond acceptors (Lipinski definition) is 2. The van der Waals surface area contributed by atoms with Crippen LogP contribution in [-0.2, 0) is 13.2 Å². The molecular formula is C23H21BrClFN2O. The van der Waals surface area contributed by atoms with Crippen LogP contribution in [0.3, 0.4) is 0 Å². The van der Waals surface area contributed by atoms with Gasteiger partial charge in [0.2, 0.25) is 0 Å². The van der Waals surface area contributed by atoms with Gasteiger partial charge in [-0.05, 0) is 54.8 Å². The number of pyridine rings is 1. The lowest BCUT2D eigenvalue weighted by Gasteiger charge is -2.13. The van der Waals surface area contributed by atoms with Gasteiger partial charge in [0.15, 0.2) is 0 Å². The molecular weight excluding hydrogens is 455 g/mol. The molecule has 0 N–H and O–H groups in total. The highest BCUT2D eigenvalue weighted by atomic mass is 79.9. The van der Waals surface area contributed by atoms with E-state index in [1.807, 2.05) is 42.5 Å². The molecule has 0 spiro atoms. The molecule has 2 aromatic carbocycles. The maximum Gasteiger partial charge on any atom is 0.147 e.